The van der Waals surface area contributed by atoms with Gasteiger partial charge in [0.25, 0.3) is 5.91 Å². The number of benzene rings is 2. The Morgan fingerprint density at radius 2 is 2.07 bits per heavy atom. The van der Waals surface area contributed by atoms with E-state index in [4.69, 9.17) is 0 Å². The molecule has 0 saturated heterocycles. The van der Waals surface area contributed by atoms with Crippen LogP contribution in [0.4, 0.5) is 5.69 Å². The quantitative estimate of drug-likeness (QED) is 0.558. The molecule has 5 rings (SSSR count). The predicted octanol–water partition coefficient (Wildman–Crippen LogP) is 2.05. The average molecular weight is 378 g/mol. The van der Waals surface area contributed by atoms with Crippen molar-refractivity contribution in [2.45, 2.75) is 38.5 Å². The number of carbonyl (C=O) groups excluding carboxylic acids is 1. The minimum absolute atomic E-state index is 0.0128. The first-order valence-electron chi connectivity index (χ1n) is 9.66. The van der Waals surface area contributed by atoms with Gasteiger partial charge in [0.15, 0.2) is 0 Å². The second kappa shape index (κ2) is 6.61. The third-order valence-corrected chi connectivity index (χ3v) is 5.69. The van der Waals surface area contributed by atoms with Crippen LogP contribution in [0.3, 0.4) is 0 Å². The van der Waals surface area contributed by atoms with Crippen LogP contribution in [-0.2, 0) is 19.6 Å². The molecule has 144 valence electrons. The molecule has 1 saturated carbocycles. The van der Waals surface area contributed by atoms with Crippen LogP contribution >= 0.6 is 0 Å². The smallest absolute Gasteiger partial charge is 0.326 e. The maximum absolute atomic E-state index is 12.9. The van der Waals surface area contributed by atoms with Crippen LogP contribution < -0.4 is 16.3 Å². The summed E-state index contributed by atoms with van der Waals surface area (Å²) in [6.07, 6.45) is 2.80. The molecule has 0 spiro atoms. The Morgan fingerprint density at radius 1 is 1.21 bits per heavy atom. The van der Waals surface area contributed by atoms with Crippen molar-refractivity contribution in [1.82, 2.24) is 14.9 Å². The van der Waals surface area contributed by atoms with Gasteiger partial charge in [0.1, 0.15) is 0 Å². The van der Waals surface area contributed by atoms with Crippen LogP contribution in [-0.4, -0.2) is 27.1 Å². The zero-order valence-corrected chi connectivity index (χ0v) is 15.4. The van der Waals surface area contributed by atoms with Gasteiger partial charge in [-0.05, 0) is 66.8 Å². The summed E-state index contributed by atoms with van der Waals surface area (Å²) < 4.78 is 1.76. The first-order valence-corrected chi connectivity index (χ1v) is 9.66. The fourth-order valence-electron chi connectivity index (χ4n) is 4.09. The lowest BCUT2D eigenvalue weighted by Gasteiger charge is -2.23. The van der Waals surface area contributed by atoms with Gasteiger partial charge in [-0.25, -0.2) is 4.79 Å². The molecule has 7 nitrogen and oxygen atoms in total. The summed E-state index contributed by atoms with van der Waals surface area (Å²) >= 11 is 0. The van der Waals surface area contributed by atoms with Crippen molar-refractivity contribution in [2.75, 3.05) is 11.9 Å². The highest BCUT2D eigenvalue weighted by molar-refractivity contribution is 6.06. The third kappa shape index (κ3) is 2.83. The number of imidazole rings is 1. The lowest BCUT2D eigenvalue weighted by Crippen LogP contribution is -2.26. The number of H-pyrrole nitrogens is 1. The summed E-state index contributed by atoms with van der Waals surface area (Å²) in [5.74, 6) is -0.199. The number of hydrogen-bond acceptors (Lipinski definition) is 4. The van der Waals surface area contributed by atoms with Gasteiger partial charge in [0.05, 0.1) is 17.6 Å². The number of fused-ring (bicyclic) bond motifs is 2. The first kappa shape index (κ1) is 17.2. The zero-order chi connectivity index (χ0) is 19.3. The number of amides is 1. The molecule has 0 radical (unpaired) electrons. The van der Waals surface area contributed by atoms with Crippen molar-refractivity contribution < 1.29 is 9.90 Å². The molecular weight excluding hydrogens is 356 g/mol. The Kier molecular flexibility index (Phi) is 4.07. The van der Waals surface area contributed by atoms with Crippen molar-refractivity contribution in [3.05, 3.63) is 63.1 Å². The van der Waals surface area contributed by atoms with E-state index in [-0.39, 0.29) is 24.2 Å². The second-order valence-corrected chi connectivity index (χ2v) is 7.53. The molecule has 0 bridgehead atoms. The maximum Gasteiger partial charge on any atom is 0.326 e. The molecule has 2 aromatic carbocycles. The summed E-state index contributed by atoms with van der Waals surface area (Å²) in [6, 6.07) is 9.28. The number of carbonyl (C=O) groups is 1. The van der Waals surface area contributed by atoms with Crippen molar-refractivity contribution in [3.63, 3.8) is 0 Å². The van der Waals surface area contributed by atoms with Gasteiger partial charge in [-0.15, -0.1) is 0 Å². The largest absolute Gasteiger partial charge is 0.392 e. The SMILES string of the molecule is O=C(Nc1ccc(CO)c2c1CCNC2)c1ccc2[nH]c(=O)n(C3CC3)c2c1. The number of aliphatic hydroxyl groups is 1. The van der Waals surface area contributed by atoms with Gasteiger partial charge in [-0.1, -0.05) is 6.07 Å². The van der Waals surface area contributed by atoms with Crippen molar-refractivity contribution >= 4 is 22.6 Å². The lowest BCUT2D eigenvalue weighted by molar-refractivity contribution is 0.102. The molecule has 1 fully saturated rings. The topological polar surface area (TPSA) is 99.2 Å². The summed E-state index contributed by atoms with van der Waals surface area (Å²) in [5.41, 5.74) is 5.76. The Hall–Kier alpha value is -2.90. The Balaban J connectivity index is 1.49. The number of nitrogens with one attached hydrogen (secondary N) is 3. The first-order chi connectivity index (χ1) is 13.7. The molecule has 0 unspecified atom stereocenters. The number of hydrogen-bond donors (Lipinski definition) is 4. The van der Waals surface area contributed by atoms with Crippen molar-refractivity contribution in [2.24, 2.45) is 0 Å². The molecule has 1 aliphatic heterocycles. The van der Waals surface area contributed by atoms with Gasteiger partial charge >= 0.3 is 5.69 Å². The molecule has 4 N–H and O–H groups in total. The van der Waals surface area contributed by atoms with Crippen molar-refractivity contribution in [1.29, 1.82) is 0 Å². The molecule has 1 aliphatic carbocycles. The number of rotatable bonds is 4. The average Bonchev–Trinajstić information content (AvgIpc) is 3.49. The van der Waals surface area contributed by atoms with E-state index in [1.165, 1.54) is 0 Å². The fraction of sp³-hybridized carbons (Fsp3) is 0.333. The van der Waals surface area contributed by atoms with Crippen LogP contribution in [0.15, 0.2) is 35.1 Å². The zero-order valence-electron chi connectivity index (χ0n) is 15.4. The number of aromatic nitrogens is 2. The minimum Gasteiger partial charge on any atom is -0.392 e. The van der Waals surface area contributed by atoms with E-state index < -0.39 is 0 Å². The van der Waals surface area contributed by atoms with Crippen molar-refractivity contribution in [3.8, 4) is 0 Å². The maximum atomic E-state index is 12.9. The van der Waals surface area contributed by atoms with E-state index in [0.717, 1.165) is 59.2 Å². The molecule has 1 aromatic heterocycles. The molecule has 28 heavy (non-hydrogen) atoms. The monoisotopic (exact) mass is 378 g/mol. The summed E-state index contributed by atoms with van der Waals surface area (Å²) in [4.78, 5) is 28.0. The van der Waals surface area contributed by atoms with Gasteiger partial charge in [-0.2, -0.15) is 0 Å². The van der Waals surface area contributed by atoms with E-state index in [0.29, 0.717) is 12.1 Å². The van der Waals surface area contributed by atoms with E-state index in [1.807, 2.05) is 12.1 Å². The normalized spacial score (nSPS) is 16.2. The highest BCUT2D eigenvalue weighted by Crippen LogP contribution is 2.36. The number of aromatic amines is 1. The number of anilines is 1. The van der Waals surface area contributed by atoms with Gasteiger partial charge in [0, 0.05) is 23.8 Å². The van der Waals surface area contributed by atoms with Gasteiger partial charge < -0.3 is 20.7 Å². The molecule has 2 aliphatic rings. The summed E-state index contributed by atoms with van der Waals surface area (Å²) in [6.45, 7) is 1.52. The fourth-order valence-corrected chi connectivity index (χ4v) is 4.09. The molecule has 7 heteroatoms. The highest BCUT2D eigenvalue weighted by atomic mass is 16.3. The van der Waals surface area contributed by atoms with Crippen LogP contribution in [0.2, 0.25) is 0 Å². The van der Waals surface area contributed by atoms with E-state index in [1.54, 1.807) is 22.8 Å². The van der Waals surface area contributed by atoms with Crippen LogP contribution in [0.25, 0.3) is 11.0 Å². The van der Waals surface area contributed by atoms with Gasteiger partial charge in [-0.3, -0.25) is 9.36 Å². The molecular formula is C21H22N4O3. The Morgan fingerprint density at radius 3 is 2.86 bits per heavy atom. The Labute approximate surface area is 161 Å². The van der Waals surface area contributed by atoms with E-state index in [2.05, 4.69) is 15.6 Å². The molecule has 0 atom stereocenters. The van der Waals surface area contributed by atoms with Crippen LogP contribution in [0, 0.1) is 0 Å². The number of nitrogens with zero attached hydrogens (tertiary/aromatic N) is 1. The van der Waals surface area contributed by atoms with E-state index >= 15 is 0 Å². The summed E-state index contributed by atoms with van der Waals surface area (Å²) in [5, 5.41) is 15.9. The van der Waals surface area contributed by atoms with Crippen LogP contribution in [0.5, 0.6) is 0 Å². The third-order valence-electron chi connectivity index (χ3n) is 5.69. The number of aliphatic hydroxyl groups excluding tert-OH is 1. The molecule has 3 aromatic rings. The molecule has 1 amide bonds. The van der Waals surface area contributed by atoms with Gasteiger partial charge in [0.2, 0.25) is 0 Å². The Bertz CT molecular complexity index is 1140. The summed E-state index contributed by atoms with van der Waals surface area (Å²) in [7, 11) is 0. The second-order valence-electron chi connectivity index (χ2n) is 7.53. The standard InChI is InChI=1S/C21H22N4O3/c26-11-13-2-5-17(15-7-8-22-10-16(13)15)23-20(27)12-1-6-18-19(9-12)25(14-3-4-14)21(28)24-18/h1-2,5-6,9,14,22,26H,3-4,7-8,10-11H2,(H,23,27)(H,24,28). The molecule has 2 heterocycles. The minimum atomic E-state index is -0.199. The van der Waals surface area contributed by atoms with Crippen LogP contribution in [0.1, 0.15) is 45.9 Å². The highest BCUT2D eigenvalue weighted by Gasteiger charge is 2.27. The van der Waals surface area contributed by atoms with E-state index in [9.17, 15) is 14.7 Å². The predicted molar refractivity (Wildman–Crippen MR) is 107 cm³/mol. The lowest BCUT2D eigenvalue weighted by atomic mass is 9.94.